The Kier molecular flexibility index (Phi) is 6.43. The summed E-state index contributed by atoms with van der Waals surface area (Å²) in [5.41, 5.74) is 0.781. The van der Waals surface area contributed by atoms with E-state index in [1.54, 1.807) is 6.08 Å². The molecule has 128 valence electrons. The molecule has 0 fully saturated rings. The van der Waals surface area contributed by atoms with Gasteiger partial charge < -0.3 is 9.84 Å². The van der Waals surface area contributed by atoms with Crippen LogP contribution in [0.1, 0.15) is 32.2 Å². The van der Waals surface area contributed by atoms with Gasteiger partial charge in [-0.15, -0.1) is 5.10 Å². The highest BCUT2D eigenvalue weighted by Crippen LogP contribution is 2.26. The van der Waals surface area contributed by atoms with Crippen LogP contribution in [0.2, 0.25) is 0 Å². The van der Waals surface area contributed by atoms with Gasteiger partial charge in [-0.05, 0) is 41.5 Å². The van der Waals surface area contributed by atoms with Gasteiger partial charge in [-0.2, -0.15) is 0 Å². The van der Waals surface area contributed by atoms with E-state index in [1.165, 1.54) is 0 Å². The van der Waals surface area contributed by atoms with E-state index < -0.39 is 5.97 Å². The minimum absolute atomic E-state index is 0.160. The molecule has 0 aliphatic carbocycles. The van der Waals surface area contributed by atoms with Crippen molar-refractivity contribution in [2.24, 2.45) is 5.92 Å². The number of nitrogens with one attached hydrogen (secondary N) is 1. The number of nitrogens with zero attached hydrogens (tertiary/aromatic N) is 2. The second-order valence-corrected chi connectivity index (χ2v) is 6.62. The van der Waals surface area contributed by atoms with Crippen LogP contribution < -0.4 is 4.74 Å². The maximum Gasteiger partial charge on any atom is 0.342 e. The number of ether oxygens (including phenoxy) is 1. The summed E-state index contributed by atoms with van der Waals surface area (Å²) >= 11 is 1.02. The van der Waals surface area contributed by atoms with Crippen LogP contribution in [0, 0.1) is 5.92 Å². The van der Waals surface area contributed by atoms with Crippen LogP contribution in [0.25, 0.3) is 6.08 Å². The molecule has 0 saturated carbocycles. The van der Waals surface area contributed by atoms with Crippen LogP contribution in [0.3, 0.4) is 0 Å². The lowest BCUT2D eigenvalue weighted by molar-refractivity contribution is -0.131. The fourth-order valence-electron chi connectivity index (χ4n) is 1.79. The lowest BCUT2D eigenvalue weighted by Gasteiger charge is -2.08. The van der Waals surface area contributed by atoms with Crippen LogP contribution in [0.15, 0.2) is 34.3 Å². The molecule has 24 heavy (non-hydrogen) atoms. The smallest absolute Gasteiger partial charge is 0.342 e. The molecule has 1 aromatic carbocycles. The summed E-state index contributed by atoms with van der Waals surface area (Å²) in [6.45, 7) is 6.77. The molecule has 0 unspecified atom stereocenters. The van der Waals surface area contributed by atoms with Crippen LogP contribution in [-0.2, 0) is 11.2 Å². The minimum Gasteiger partial charge on any atom is -0.493 e. The van der Waals surface area contributed by atoms with E-state index in [1.807, 2.05) is 31.2 Å². The maximum absolute atomic E-state index is 11.4. The topological polar surface area (TPSA) is 88.1 Å². The number of hydrogen-bond donors (Lipinski definition) is 2. The standard InChI is InChI=1S/C17H21N3O3S/c1-4-15-18-17(20-19-15)24-14(16(21)22)9-12-5-7-13(8-6-12)23-10-11(2)3/h5-9,11H,4,10H2,1-3H3,(H,21,22)(H,18,19,20)/b14-9+. The summed E-state index contributed by atoms with van der Waals surface area (Å²) in [6.07, 6.45) is 2.32. The quantitative estimate of drug-likeness (QED) is 0.560. The summed E-state index contributed by atoms with van der Waals surface area (Å²) in [6, 6.07) is 7.32. The van der Waals surface area contributed by atoms with Gasteiger partial charge in [0, 0.05) is 6.42 Å². The first kappa shape index (κ1) is 18.1. The average Bonchev–Trinajstić information content (AvgIpc) is 3.01. The van der Waals surface area contributed by atoms with Crippen LogP contribution >= 0.6 is 11.8 Å². The molecule has 7 heteroatoms. The molecule has 0 amide bonds. The van der Waals surface area contributed by atoms with E-state index >= 15 is 0 Å². The minimum atomic E-state index is -1.01. The fraction of sp³-hybridized carbons (Fsp3) is 0.353. The van der Waals surface area contributed by atoms with E-state index in [9.17, 15) is 9.90 Å². The Morgan fingerprint density at radius 1 is 1.38 bits per heavy atom. The largest absolute Gasteiger partial charge is 0.493 e. The maximum atomic E-state index is 11.4. The van der Waals surface area contributed by atoms with Crippen LogP contribution in [0.4, 0.5) is 0 Å². The normalized spacial score (nSPS) is 11.8. The Morgan fingerprint density at radius 2 is 2.08 bits per heavy atom. The van der Waals surface area contributed by atoms with Crippen LogP contribution in [-0.4, -0.2) is 32.9 Å². The van der Waals surface area contributed by atoms with Gasteiger partial charge in [-0.1, -0.05) is 32.9 Å². The molecule has 0 aliphatic heterocycles. The molecule has 2 rings (SSSR count). The zero-order chi connectivity index (χ0) is 17.5. The van der Waals surface area contributed by atoms with Crippen molar-refractivity contribution in [3.63, 3.8) is 0 Å². The zero-order valence-electron chi connectivity index (χ0n) is 13.9. The third-order valence-electron chi connectivity index (χ3n) is 3.02. The summed E-state index contributed by atoms with van der Waals surface area (Å²) in [5.74, 6) is 0.942. The van der Waals surface area contributed by atoms with E-state index in [2.05, 4.69) is 29.0 Å². The summed E-state index contributed by atoms with van der Waals surface area (Å²) in [7, 11) is 0. The van der Waals surface area contributed by atoms with Crippen molar-refractivity contribution in [3.8, 4) is 5.75 Å². The molecule has 1 heterocycles. The van der Waals surface area contributed by atoms with E-state index in [0.717, 1.165) is 35.3 Å². The van der Waals surface area contributed by atoms with Crippen molar-refractivity contribution >= 4 is 23.8 Å². The van der Waals surface area contributed by atoms with Gasteiger partial charge in [0.25, 0.3) is 0 Å². The molecule has 2 N–H and O–H groups in total. The van der Waals surface area contributed by atoms with Gasteiger partial charge in [0.2, 0.25) is 5.16 Å². The predicted molar refractivity (Wildman–Crippen MR) is 94.0 cm³/mol. The Labute approximate surface area is 145 Å². The Bertz CT molecular complexity index is 708. The summed E-state index contributed by atoms with van der Waals surface area (Å²) in [4.78, 5) is 15.8. The number of aromatic nitrogens is 3. The Morgan fingerprint density at radius 3 is 2.62 bits per heavy atom. The first-order chi connectivity index (χ1) is 11.5. The third-order valence-corrected chi connectivity index (χ3v) is 3.90. The first-order valence-electron chi connectivity index (χ1n) is 7.75. The SMILES string of the molecule is CCc1nc(S/C(=C/c2ccc(OCC(C)C)cc2)C(=O)O)n[nH]1. The number of rotatable bonds is 8. The highest BCUT2D eigenvalue weighted by molar-refractivity contribution is 8.04. The van der Waals surface area contributed by atoms with Crippen molar-refractivity contribution in [1.82, 2.24) is 15.2 Å². The Hall–Kier alpha value is -2.28. The number of aliphatic carboxylic acids is 1. The Balaban J connectivity index is 2.10. The lowest BCUT2D eigenvalue weighted by Crippen LogP contribution is -2.04. The molecular weight excluding hydrogens is 326 g/mol. The molecular formula is C17H21N3O3S. The molecule has 0 radical (unpaired) electrons. The number of carbonyl (C=O) groups is 1. The average molecular weight is 347 g/mol. The first-order valence-corrected chi connectivity index (χ1v) is 8.56. The fourth-order valence-corrected chi connectivity index (χ4v) is 2.52. The van der Waals surface area contributed by atoms with Gasteiger partial charge in [-0.25, -0.2) is 9.78 Å². The van der Waals surface area contributed by atoms with E-state index in [4.69, 9.17) is 4.74 Å². The van der Waals surface area contributed by atoms with Gasteiger partial charge in [0.05, 0.1) is 6.61 Å². The number of aryl methyl sites for hydroxylation is 1. The molecule has 0 atom stereocenters. The van der Waals surface area contributed by atoms with Gasteiger partial charge in [0.1, 0.15) is 16.5 Å². The molecule has 1 aromatic heterocycles. The number of aromatic amines is 1. The summed E-state index contributed by atoms with van der Waals surface area (Å²) in [5, 5.41) is 16.6. The highest BCUT2D eigenvalue weighted by atomic mass is 32.2. The van der Waals surface area contributed by atoms with E-state index in [0.29, 0.717) is 17.7 Å². The van der Waals surface area contributed by atoms with Crippen LogP contribution in [0.5, 0.6) is 5.75 Å². The number of carboxylic acid groups (broad SMARTS) is 1. The van der Waals surface area contributed by atoms with Gasteiger partial charge in [0.15, 0.2) is 0 Å². The lowest BCUT2D eigenvalue weighted by atomic mass is 10.2. The monoisotopic (exact) mass is 347 g/mol. The van der Waals surface area contributed by atoms with Crippen molar-refractivity contribution in [2.45, 2.75) is 32.3 Å². The molecule has 0 bridgehead atoms. The van der Waals surface area contributed by atoms with Crippen molar-refractivity contribution < 1.29 is 14.6 Å². The van der Waals surface area contributed by atoms with Crippen molar-refractivity contribution in [3.05, 3.63) is 40.6 Å². The number of thioether (sulfide) groups is 1. The van der Waals surface area contributed by atoms with Gasteiger partial charge >= 0.3 is 5.97 Å². The molecule has 0 spiro atoms. The number of benzene rings is 1. The zero-order valence-corrected chi connectivity index (χ0v) is 14.8. The number of carboxylic acids is 1. The van der Waals surface area contributed by atoms with Crippen molar-refractivity contribution in [2.75, 3.05) is 6.61 Å². The molecule has 6 nitrogen and oxygen atoms in total. The van der Waals surface area contributed by atoms with Crippen molar-refractivity contribution in [1.29, 1.82) is 0 Å². The van der Waals surface area contributed by atoms with Gasteiger partial charge in [-0.3, -0.25) is 5.10 Å². The molecule has 2 aromatic rings. The highest BCUT2D eigenvalue weighted by Gasteiger charge is 2.13. The second-order valence-electron chi connectivity index (χ2n) is 5.61. The molecule has 0 saturated heterocycles. The van der Waals surface area contributed by atoms with E-state index in [-0.39, 0.29) is 4.91 Å². The number of H-pyrrole nitrogens is 1. The third kappa shape index (κ3) is 5.42. The summed E-state index contributed by atoms with van der Waals surface area (Å²) < 4.78 is 5.62. The number of hydrogen-bond acceptors (Lipinski definition) is 5. The second kappa shape index (κ2) is 8.54. The predicted octanol–water partition coefficient (Wildman–Crippen LogP) is 3.62. The molecule has 0 aliphatic rings.